The van der Waals surface area contributed by atoms with E-state index >= 15 is 0 Å². The van der Waals surface area contributed by atoms with Crippen molar-refractivity contribution in [1.82, 2.24) is 9.97 Å². The first-order valence-electron chi connectivity index (χ1n) is 4.12. The highest BCUT2D eigenvalue weighted by atomic mass is 127. The number of hydrogen-bond donors (Lipinski definition) is 1. The van der Waals surface area contributed by atoms with E-state index in [4.69, 9.17) is 4.74 Å². The number of fused-ring (bicyclic) bond motifs is 1. The maximum absolute atomic E-state index is 11.6. The molecule has 0 saturated heterocycles. The first-order chi connectivity index (χ1) is 6.70. The van der Waals surface area contributed by atoms with Crippen molar-refractivity contribution < 1.29 is 4.74 Å². The molecule has 1 aliphatic heterocycles. The van der Waals surface area contributed by atoms with Crippen molar-refractivity contribution in [2.45, 2.75) is 22.3 Å². The molecule has 76 valence electrons. The SMILES string of the molecule is CSc1nc2c(c(=O)[nH]1)COC(I)C2. The molecular formula is C8H9IN2O2S. The van der Waals surface area contributed by atoms with E-state index in [1.165, 1.54) is 11.8 Å². The van der Waals surface area contributed by atoms with E-state index in [1.807, 2.05) is 6.26 Å². The molecule has 1 aromatic heterocycles. The number of thioether (sulfide) groups is 1. The van der Waals surface area contributed by atoms with Crippen LogP contribution in [0.1, 0.15) is 11.3 Å². The Morgan fingerprint density at radius 2 is 2.50 bits per heavy atom. The van der Waals surface area contributed by atoms with Crippen LogP contribution in [0.3, 0.4) is 0 Å². The lowest BCUT2D eigenvalue weighted by Gasteiger charge is -2.19. The molecule has 1 N–H and O–H groups in total. The van der Waals surface area contributed by atoms with Crippen LogP contribution in [0, 0.1) is 0 Å². The number of aromatic nitrogens is 2. The van der Waals surface area contributed by atoms with Gasteiger partial charge < -0.3 is 9.72 Å². The summed E-state index contributed by atoms with van der Waals surface area (Å²) in [7, 11) is 0. The molecule has 0 amide bonds. The van der Waals surface area contributed by atoms with Gasteiger partial charge in [-0.1, -0.05) is 34.4 Å². The summed E-state index contributed by atoms with van der Waals surface area (Å²) in [6.07, 6.45) is 2.61. The Morgan fingerprint density at radius 3 is 3.21 bits per heavy atom. The monoisotopic (exact) mass is 324 g/mol. The summed E-state index contributed by atoms with van der Waals surface area (Å²) < 4.78 is 5.51. The maximum Gasteiger partial charge on any atom is 0.257 e. The Balaban J connectivity index is 2.49. The second-order valence-electron chi connectivity index (χ2n) is 2.93. The number of halogens is 1. The lowest BCUT2D eigenvalue weighted by Crippen LogP contribution is -2.27. The van der Waals surface area contributed by atoms with Gasteiger partial charge in [-0.2, -0.15) is 0 Å². The average Bonchev–Trinajstić information content (AvgIpc) is 2.16. The Labute approximate surface area is 99.0 Å². The van der Waals surface area contributed by atoms with Gasteiger partial charge in [0, 0.05) is 6.42 Å². The van der Waals surface area contributed by atoms with Crippen molar-refractivity contribution in [3.05, 3.63) is 21.6 Å². The standard InChI is InChI=1S/C8H9IN2O2S/c1-14-8-10-5-2-6(9)13-3-4(5)7(12)11-8/h6H,2-3H2,1H3,(H,10,11,12). The highest BCUT2D eigenvalue weighted by Gasteiger charge is 2.21. The Hall–Kier alpha value is -0.0800. The zero-order valence-electron chi connectivity index (χ0n) is 7.54. The van der Waals surface area contributed by atoms with Gasteiger partial charge in [-0.25, -0.2) is 4.98 Å². The molecule has 0 fully saturated rings. The highest BCUT2D eigenvalue weighted by molar-refractivity contribution is 14.1. The molecule has 0 bridgehead atoms. The summed E-state index contributed by atoms with van der Waals surface area (Å²) in [6, 6.07) is 0. The number of hydrogen-bond acceptors (Lipinski definition) is 4. The van der Waals surface area contributed by atoms with Crippen LogP contribution in [-0.2, 0) is 17.8 Å². The second-order valence-corrected chi connectivity index (χ2v) is 5.11. The predicted octanol–water partition coefficient (Wildman–Crippen LogP) is 1.33. The zero-order valence-corrected chi connectivity index (χ0v) is 10.5. The number of nitrogens with zero attached hydrogens (tertiary/aromatic N) is 1. The fourth-order valence-corrected chi connectivity index (χ4v) is 2.31. The van der Waals surface area contributed by atoms with Gasteiger partial charge in [-0.05, 0) is 6.26 Å². The predicted molar refractivity (Wildman–Crippen MR) is 62.9 cm³/mol. The molecule has 1 aliphatic rings. The van der Waals surface area contributed by atoms with Gasteiger partial charge in [0.1, 0.15) is 4.11 Å². The van der Waals surface area contributed by atoms with Crippen LogP contribution in [0.25, 0.3) is 0 Å². The van der Waals surface area contributed by atoms with Crippen LogP contribution < -0.4 is 5.56 Å². The minimum absolute atomic E-state index is 0.0670. The zero-order chi connectivity index (χ0) is 10.1. The summed E-state index contributed by atoms with van der Waals surface area (Å²) in [6.45, 7) is 0.375. The molecule has 6 heteroatoms. The molecule has 14 heavy (non-hydrogen) atoms. The number of ether oxygens (including phenoxy) is 1. The lowest BCUT2D eigenvalue weighted by molar-refractivity contribution is 0.0937. The maximum atomic E-state index is 11.6. The summed E-state index contributed by atoms with van der Waals surface area (Å²) >= 11 is 3.65. The fourth-order valence-electron chi connectivity index (χ4n) is 1.32. The molecular weight excluding hydrogens is 315 g/mol. The third-order valence-electron chi connectivity index (χ3n) is 2.04. The number of aromatic amines is 1. The van der Waals surface area contributed by atoms with Crippen molar-refractivity contribution in [3.8, 4) is 0 Å². The Morgan fingerprint density at radius 1 is 1.71 bits per heavy atom. The Kier molecular flexibility index (Phi) is 3.13. The van der Waals surface area contributed by atoms with E-state index in [0.29, 0.717) is 23.7 Å². The topological polar surface area (TPSA) is 55.0 Å². The van der Waals surface area contributed by atoms with Gasteiger partial charge in [0.2, 0.25) is 0 Å². The summed E-state index contributed by atoms with van der Waals surface area (Å²) in [5, 5.41) is 0.680. The first-order valence-corrected chi connectivity index (χ1v) is 6.59. The van der Waals surface area contributed by atoms with Crippen LogP contribution in [0.5, 0.6) is 0 Å². The quantitative estimate of drug-likeness (QED) is 0.366. The van der Waals surface area contributed by atoms with Crippen LogP contribution >= 0.6 is 34.4 Å². The van der Waals surface area contributed by atoms with Gasteiger partial charge >= 0.3 is 0 Å². The second kappa shape index (κ2) is 4.19. The number of nitrogens with one attached hydrogen (secondary N) is 1. The van der Waals surface area contributed by atoms with Crippen LogP contribution in [0.15, 0.2) is 9.95 Å². The van der Waals surface area contributed by atoms with E-state index in [0.717, 1.165) is 5.69 Å². The molecule has 1 atom stereocenters. The van der Waals surface area contributed by atoms with Gasteiger partial charge in [-0.15, -0.1) is 0 Å². The molecule has 1 aromatic rings. The van der Waals surface area contributed by atoms with Crippen LogP contribution in [0.2, 0.25) is 0 Å². The first kappa shape index (κ1) is 10.4. The van der Waals surface area contributed by atoms with E-state index in [1.54, 1.807) is 0 Å². The molecule has 1 unspecified atom stereocenters. The van der Waals surface area contributed by atoms with Crippen molar-refractivity contribution in [3.63, 3.8) is 0 Å². The smallest absolute Gasteiger partial charge is 0.257 e. The Bertz CT molecular complexity index is 407. The summed E-state index contributed by atoms with van der Waals surface area (Å²) in [5.74, 6) is 0. The van der Waals surface area contributed by atoms with Crippen molar-refractivity contribution >= 4 is 34.4 Å². The molecule has 4 nitrogen and oxygen atoms in total. The third kappa shape index (κ3) is 1.96. The van der Waals surface area contributed by atoms with Gasteiger partial charge in [0.15, 0.2) is 5.16 Å². The van der Waals surface area contributed by atoms with Crippen LogP contribution in [0.4, 0.5) is 0 Å². The number of alkyl halides is 1. The summed E-state index contributed by atoms with van der Waals surface area (Å²) in [4.78, 5) is 18.6. The molecule has 0 radical (unpaired) electrons. The fraction of sp³-hybridized carbons (Fsp3) is 0.500. The highest BCUT2D eigenvalue weighted by Crippen LogP contribution is 2.21. The molecule has 2 heterocycles. The molecule has 2 rings (SSSR count). The molecule has 0 aromatic carbocycles. The minimum atomic E-state index is -0.0670. The lowest BCUT2D eigenvalue weighted by atomic mass is 10.1. The van der Waals surface area contributed by atoms with Gasteiger partial charge in [0.25, 0.3) is 5.56 Å². The molecule has 0 saturated carbocycles. The van der Waals surface area contributed by atoms with Crippen LogP contribution in [-0.4, -0.2) is 20.3 Å². The van der Waals surface area contributed by atoms with Gasteiger partial charge in [0.05, 0.1) is 17.9 Å². The largest absolute Gasteiger partial charge is 0.363 e. The normalized spacial score (nSPS) is 20.6. The minimum Gasteiger partial charge on any atom is -0.363 e. The van der Waals surface area contributed by atoms with Crippen molar-refractivity contribution in [2.24, 2.45) is 0 Å². The van der Waals surface area contributed by atoms with Gasteiger partial charge in [-0.3, -0.25) is 4.79 Å². The third-order valence-corrected chi connectivity index (χ3v) is 3.42. The number of H-pyrrole nitrogens is 1. The van der Waals surface area contributed by atoms with Crippen molar-refractivity contribution in [1.29, 1.82) is 0 Å². The van der Waals surface area contributed by atoms with E-state index in [-0.39, 0.29) is 9.67 Å². The van der Waals surface area contributed by atoms with E-state index in [9.17, 15) is 4.79 Å². The molecule has 0 spiro atoms. The van der Waals surface area contributed by atoms with Crippen molar-refractivity contribution in [2.75, 3.05) is 6.26 Å². The van der Waals surface area contributed by atoms with E-state index in [2.05, 4.69) is 32.6 Å². The molecule has 0 aliphatic carbocycles. The summed E-state index contributed by atoms with van der Waals surface area (Å²) in [5.41, 5.74) is 1.49. The van der Waals surface area contributed by atoms with E-state index < -0.39 is 0 Å². The number of rotatable bonds is 1. The average molecular weight is 324 g/mol.